The maximum Gasteiger partial charge on any atom is 0.168 e. The van der Waals surface area contributed by atoms with Crippen molar-refractivity contribution < 1.29 is 13.6 Å². The van der Waals surface area contributed by atoms with E-state index < -0.39 is 11.6 Å². The standard InChI is InChI=1S/C14H9ClF2O/c15-12-8-10(16)5-6-11(12)14(18)7-9-3-1-2-4-13(9)17/h1-6,8H,7H2. The second kappa shape index (κ2) is 5.27. The second-order valence-corrected chi connectivity index (χ2v) is 4.22. The number of halogens is 3. The van der Waals surface area contributed by atoms with E-state index in [4.69, 9.17) is 11.6 Å². The van der Waals surface area contributed by atoms with Crippen LogP contribution < -0.4 is 0 Å². The van der Waals surface area contributed by atoms with E-state index in [1.165, 1.54) is 18.2 Å². The molecule has 0 amide bonds. The number of Topliss-reactive ketones (excluding diaryl/α,β-unsaturated/α-hetero) is 1. The van der Waals surface area contributed by atoms with Gasteiger partial charge in [0, 0.05) is 12.0 Å². The zero-order valence-electron chi connectivity index (χ0n) is 9.29. The summed E-state index contributed by atoms with van der Waals surface area (Å²) < 4.78 is 26.2. The molecule has 0 N–H and O–H groups in total. The minimum Gasteiger partial charge on any atom is -0.294 e. The Morgan fingerprint density at radius 2 is 1.83 bits per heavy atom. The smallest absolute Gasteiger partial charge is 0.168 e. The van der Waals surface area contributed by atoms with Gasteiger partial charge in [-0.15, -0.1) is 0 Å². The lowest BCUT2D eigenvalue weighted by Gasteiger charge is -2.04. The van der Waals surface area contributed by atoms with Crippen LogP contribution in [0.5, 0.6) is 0 Å². The molecule has 2 rings (SSSR count). The number of carbonyl (C=O) groups excluding carboxylic acids is 1. The molecular formula is C14H9ClF2O. The van der Waals surface area contributed by atoms with Crippen molar-refractivity contribution in [1.29, 1.82) is 0 Å². The lowest BCUT2D eigenvalue weighted by Crippen LogP contribution is -2.06. The summed E-state index contributed by atoms with van der Waals surface area (Å²) in [5, 5.41) is 0.0383. The molecule has 0 bridgehead atoms. The van der Waals surface area contributed by atoms with Gasteiger partial charge in [0.1, 0.15) is 11.6 Å². The first-order valence-electron chi connectivity index (χ1n) is 5.29. The van der Waals surface area contributed by atoms with Crippen molar-refractivity contribution in [2.45, 2.75) is 6.42 Å². The van der Waals surface area contributed by atoms with Crippen LogP contribution in [0.2, 0.25) is 5.02 Å². The maximum absolute atomic E-state index is 13.4. The number of rotatable bonds is 3. The predicted octanol–water partition coefficient (Wildman–Crippen LogP) is 4.04. The van der Waals surface area contributed by atoms with Crippen molar-refractivity contribution in [3.05, 3.63) is 70.2 Å². The van der Waals surface area contributed by atoms with Gasteiger partial charge >= 0.3 is 0 Å². The van der Waals surface area contributed by atoms with Gasteiger partial charge in [-0.3, -0.25) is 4.79 Å². The first-order chi connectivity index (χ1) is 8.58. The number of hydrogen-bond acceptors (Lipinski definition) is 1. The van der Waals surface area contributed by atoms with Gasteiger partial charge in [-0.25, -0.2) is 8.78 Å². The Hall–Kier alpha value is -1.74. The molecule has 0 spiro atoms. The van der Waals surface area contributed by atoms with Crippen molar-refractivity contribution >= 4 is 17.4 Å². The fraction of sp³-hybridized carbons (Fsp3) is 0.0714. The molecule has 2 aromatic rings. The minimum atomic E-state index is -0.512. The Bertz CT molecular complexity index is 596. The Labute approximate surface area is 108 Å². The monoisotopic (exact) mass is 266 g/mol. The van der Waals surface area contributed by atoms with Gasteiger partial charge in [0.2, 0.25) is 0 Å². The highest BCUT2D eigenvalue weighted by Crippen LogP contribution is 2.20. The summed E-state index contributed by atoms with van der Waals surface area (Å²) >= 11 is 5.78. The molecule has 0 aliphatic carbocycles. The Morgan fingerprint density at radius 3 is 2.50 bits per heavy atom. The predicted molar refractivity (Wildman–Crippen MR) is 65.8 cm³/mol. The average Bonchev–Trinajstić information content (AvgIpc) is 2.32. The lowest BCUT2D eigenvalue weighted by atomic mass is 10.0. The normalized spacial score (nSPS) is 10.4. The molecule has 4 heteroatoms. The van der Waals surface area contributed by atoms with Crippen LogP contribution in [0.15, 0.2) is 42.5 Å². The molecule has 0 radical (unpaired) electrons. The van der Waals surface area contributed by atoms with E-state index in [9.17, 15) is 13.6 Å². The summed E-state index contributed by atoms with van der Waals surface area (Å²) in [5.74, 6) is -1.29. The zero-order valence-corrected chi connectivity index (χ0v) is 10.0. The van der Waals surface area contributed by atoms with Crippen LogP contribution in [0.4, 0.5) is 8.78 Å². The number of hydrogen-bond donors (Lipinski definition) is 0. The summed E-state index contributed by atoms with van der Waals surface area (Å²) in [7, 11) is 0. The Morgan fingerprint density at radius 1 is 1.11 bits per heavy atom. The fourth-order valence-corrected chi connectivity index (χ4v) is 1.90. The third-order valence-electron chi connectivity index (χ3n) is 2.54. The van der Waals surface area contributed by atoms with E-state index in [2.05, 4.69) is 0 Å². The fourth-order valence-electron chi connectivity index (χ4n) is 1.63. The SMILES string of the molecule is O=C(Cc1ccccc1F)c1ccc(F)cc1Cl. The van der Waals surface area contributed by atoms with Crippen LogP contribution in [0.3, 0.4) is 0 Å². The van der Waals surface area contributed by atoms with Gasteiger partial charge in [0.25, 0.3) is 0 Å². The first kappa shape index (κ1) is 12.7. The van der Waals surface area contributed by atoms with E-state index in [1.54, 1.807) is 12.1 Å². The highest BCUT2D eigenvalue weighted by Gasteiger charge is 2.13. The summed E-state index contributed by atoms with van der Waals surface area (Å²) in [4.78, 5) is 11.9. The molecule has 0 saturated carbocycles. The molecule has 0 aromatic heterocycles. The molecule has 0 aliphatic heterocycles. The number of ketones is 1. The van der Waals surface area contributed by atoms with Crippen molar-refractivity contribution in [2.75, 3.05) is 0 Å². The van der Waals surface area contributed by atoms with Crippen LogP contribution in [0.1, 0.15) is 15.9 Å². The second-order valence-electron chi connectivity index (χ2n) is 3.82. The number of carbonyl (C=O) groups is 1. The molecular weight excluding hydrogens is 258 g/mol. The summed E-state index contributed by atoms with van der Waals surface area (Å²) in [6, 6.07) is 9.54. The van der Waals surface area contributed by atoms with Gasteiger partial charge in [-0.05, 0) is 29.8 Å². The third kappa shape index (κ3) is 2.74. The Balaban J connectivity index is 2.25. The van der Waals surface area contributed by atoms with E-state index in [-0.39, 0.29) is 22.8 Å². The number of benzene rings is 2. The first-order valence-corrected chi connectivity index (χ1v) is 5.67. The molecule has 92 valence electrons. The van der Waals surface area contributed by atoms with Gasteiger partial charge in [0.15, 0.2) is 5.78 Å². The van der Waals surface area contributed by atoms with Gasteiger partial charge in [-0.2, -0.15) is 0 Å². The van der Waals surface area contributed by atoms with Crippen LogP contribution >= 0.6 is 11.6 Å². The largest absolute Gasteiger partial charge is 0.294 e. The van der Waals surface area contributed by atoms with E-state index in [1.807, 2.05) is 0 Å². The molecule has 0 heterocycles. The molecule has 2 aromatic carbocycles. The third-order valence-corrected chi connectivity index (χ3v) is 2.85. The van der Waals surface area contributed by atoms with Gasteiger partial charge in [-0.1, -0.05) is 29.8 Å². The minimum absolute atomic E-state index is 0.0383. The molecule has 0 unspecified atom stereocenters. The topological polar surface area (TPSA) is 17.1 Å². The van der Waals surface area contributed by atoms with Crippen molar-refractivity contribution in [3.63, 3.8) is 0 Å². The van der Waals surface area contributed by atoms with Crippen molar-refractivity contribution in [2.24, 2.45) is 0 Å². The molecule has 0 atom stereocenters. The van der Waals surface area contributed by atoms with Crippen LogP contribution in [-0.2, 0) is 6.42 Å². The maximum atomic E-state index is 13.4. The molecule has 18 heavy (non-hydrogen) atoms. The molecule has 1 nitrogen and oxygen atoms in total. The Kier molecular flexibility index (Phi) is 3.72. The lowest BCUT2D eigenvalue weighted by molar-refractivity contribution is 0.0992. The molecule has 0 saturated heterocycles. The molecule has 0 fully saturated rings. The zero-order chi connectivity index (χ0) is 13.1. The van der Waals surface area contributed by atoms with Gasteiger partial charge < -0.3 is 0 Å². The van der Waals surface area contributed by atoms with Gasteiger partial charge in [0.05, 0.1) is 5.02 Å². The summed E-state index contributed by atoms with van der Waals surface area (Å²) in [5.41, 5.74) is 0.490. The van der Waals surface area contributed by atoms with E-state index in [0.29, 0.717) is 5.56 Å². The highest BCUT2D eigenvalue weighted by atomic mass is 35.5. The van der Waals surface area contributed by atoms with Crippen molar-refractivity contribution in [3.8, 4) is 0 Å². The van der Waals surface area contributed by atoms with Crippen molar-refractivity contribution in [1.82, 2.24) is 0 Å². The summed E-state index contributed by atoms with van der Waals surface area (Å²) in [6.45, 7) is 0. The average molecular weight is 267 g/mol. The van der Waals surface area contributed by atoms with Crippen LogP contribution in [0.25, 0.3) is 0 Å². The quantitative estimate of drug-likeness (QED) is 0.766. The van der Waals surface area contributed by atoms with E-state index in [0.717, 1.165) is 12.1 Å². The van der Waals surface area contributed by atoms with Crippen LogP contribution in [-0.4, -0.2) is 5.78 Å². The highest BCUT2D eigenvalue weighted by molar-refractivity contribution is 6.34. The molecule has 0 aliphatic rings. The van der Waals surface area contributed by atoms with Crippen LogP contribution in [0, 0.1) is 11.6 Å². The van der Waals surface area contributed by atoms with E-state index >= 15 is 0 Å². The summed E-state index contributed by atoms with van der Waals surface area (Å²) in [6.07, 6.45) is -0.0992.